The van der Waals surface area contributed by atoms with Crippen molar-refractivity contribution < 1.29 is 14.3 Å². The van der Waals surface area contributed by atoms with E-state index in [1.165, 1.54) is 10.7 Å². The number of ether oxygens (including phenoxy) is 2. The van der Waals surface area contributed by atoms with E-state index < -0.39 is 0 Å². The highest BCUT2D eigenvalue weighted by Gasteiger charge is 2.18. The van der Waals surface area contributed by atoms with Crippen LogP contribution in [0.15, 0.2) is 35.1 Å². The van der Waals surface area contributed by atoms with Crippen LogP contribution in [0, 0.1) is 0 Å². The predicted molar refractivity (Wildman–Crippen MR) is 90.5 cm³/mol. The molecule has 7 heteroatoms. The highest BCUT2D eigenvalue weighted by atomic mass is 16.7. The van der Waals surface area contributed by atoms with Crippen molar-refractivity contribution in [2.45, 2.75) is 38.3 Å². The fourth-order valence-corrected chi connectivity index (χ4v) is 3.25. The fraction of sp³-hybridized carbons (Fsp3) is 0.389. The van der Waals surface area contributed by atoms with Crippen molar-refractivity contribution >= 4 is 5.91 Å². The third-order valence-electron chi connectivity index (χ3n) is 4.55. The second kappa shape index (κ2) is 6.58. The van der Waals surface area contributed by atoms with E-state index in [0.29, 0.717) is 17.2 Å². The van der Waals surface area contributed by atoms with Gasteiger partial charge in [-0.05, 0) is 37.1 Å². The van der Waals surface area contributed by atoms with Gasteiger partial charge in [0.15, 0.2) is 11.5 Å². The van der Waals surface area contributed by atoms with Gasteiger partial charge in [0, 0.05) is 17.7 Å². The molecule has 0 unspecified atom stereocenters. The quantitative estimate of drug-likeness (QED) is 0.915. The van der Waals surface area contributed by atoms with Crippen LogP contribution in [-0.4, -0.2) is 28.5 Å². The third-order valence-corrected chi connectivity index (χ3v) is 4.55. The molecule has 4 rings (SSSR count). The molecule has 130 valence electrons. The molecule has 1 aliphatic heterocycles. The Morgan fingerprint density at radius 1 is 1.16 bits per heavy atom. The first-order valence-corrected chi connectivity index (χ1v) is 8.46. The van der Waals surface area contributed by atoms with Crippen molar-refractivity contribution in [3.05, 3.63) is 40.7 Å². The number of fused-ring (bicyclic) bond motifs is 1. The first-order valence-electron chi connectivity index (χ1n) is 8.46. The van der Waals surface area contributed by atoms with Crippen LogP contribution in [0.5, 0.6) is 11.5 Å². The zero-order valence-corrected chi connectivity index (χ0v) is 13.7. The standard InChI is InChI=1S/C18H19N3O4/c22-17(19-13-3-1-2-4-13)10-21-18(23)8-6-14(20-21)12-5-7-15-16(9-12)25-11-24-15/h5-9,13H,1-4,10-11H2,(H,19,22). The van der Waals surface area contributed by atoms with Gasteiger partial charge >= 0.3 is 0 Å². The normalized spacial score (nSPS) is 16.2. The van der Waals surface area contributed by atoms with Gasteiger partial charge in [-0.15, -0.1) is 0 Å². The molecule has 1 aromatic heterocycles. The topological polar surface area (TPSA) is 82.5 Å². The molecule has 1 aromatic carbocycles. The summed E-state index contributed by atoms with van der Waals surface area (Å²) in [5, 5.41) is 7.30. The van der Waals surface area contributed by atoms with E-state index >= 15 is 0 Å². The Labute approximate surface area is 144 Å². The van der Waals surface area contributed by atoms with Crippen molar-refractivity contribution in [1.82, 2.24) is 15.1 Å². The molecule has 1 N–H and O–H groups in total. The van der Waals surface area contributed by atoms with Gasteiger partial charge in [-0.25, -0.2) is 4.68 Å². The summed E-state index contributed by atoms with van der Waals surface area (Å²) in [7, 11) is 0. The zero-order chi connectivity index (χ0) is 17.2. The molecule has 0 spiro atoms. The first-order chi connectivity index (χ1) is 12.2. The summed E-state index contributed by atoms with van der Waals surface area (Å²) in [4.78, 5) is 24.2. The number of aromatic nitrogens is 2. The molecule has 0 radical (unpaired) electrons. The molecule has 1 amide bonds. The summed E-state index contributed by atoms with van der Waals surface area (Å²) in [5.74, 6) is 1.16. The molecule has 0 bridgehead atoms. The molecule has 25 heavy (non-hydrogen) atoms. The zero-order valence-electron chi connectivity index (χ0n) is 13.7. The van der Waals surface area contributed by atoms with Crippen LogP contribution in [0.1, 0.15) is 25.7 Å². The predicted octanol–water partition coefficient (Wildman–Crippen LogP) is 1.70. The minimum absolute atomic E-state index is 0.0757. The maximum absolute atomic E-state index is 12.2. The van der Waals surface area contributed by atoms with Gasteiger partial charge in [0.1, 0.15) is 6.54 Å². The van der Waals surface area contributed by atoms with Crippen molar-refractivity contribution in [2.24, 2.45) is 0 Å². The maximum atomic E-state index is 12.2. The van der Waals surface area contributed by atoms with E-state index in [0.717, 1.165) is 31.2 Å². The van der Waals surface area contributed by atoms with Gasteiger partial charge in [0.25, 0.3) is 5.56 Å². The SMILES string of the molecule is O=C(Cn1nc(-c2ccc3c(c2)OCO3)ccc1=O)NC1CCCC1. The minimum Gasteiger partial charge on any atom is -0.454 e. The lowest BCUT2D eigenvalue weighted by Crippen LogP contribution is -2.38. The molecule has 1 aliphatic carbocycles. The van der Waals surface area contributed by atoms with Crippen LogP contribution in [0.3, 0.4) is 0 Å². The van der Waals surface area contributed by atoms with Gasteiger partial charge in [-0.2, -0.15) is 5.10 Å². The molecule has 1 saturated carbocycles. The lowest BCUT2D eigenvalue weighted by molar-refractivity contribution is -0.122. The number of nitrogens with one attached hydrogen (secondary N) is 1. The molecular formula is C18H19N3O4. The van der Waals surface area contributed by atoms with Crippen molar-refractivity contribution in [3.63, 3.8) is 0 Å². The molecule has 7 nitrogen and oxygen atoms in total. The maximum Gasteiger partial charge on any atom is 0.267 e. The number of carbonyl (C=O) groups excluding carboxylic acids is 1. The van der Waals surface area contributed by atoms with Gasteiger partial charge < -0.3 is 14.8 Å². The molecule has 1 fully saturated rings. The minimum atomic E-state index is -0.300. The van der Waals surface area contributed by atoms with E-state index in [4.69, 9.17) is 9.47 Å². The first kappa shape index (κ1) is 15.7. The highest BCUT2D eigenvalue weighted by molar-refractivity contribution is 5.76. The molecular weight excluding hydrogens is 322 g/mol. The monoisotopic (exact) mass is 341 g/mol. The van der Waals surface area contributed by atoms with Crippen LogP contribution in [0.4, 0.5) is 0 Å². The lowest BCUT2D eigenvalue weighted by atomic mass is 10.1. The van der Waals surface area contributed by atoms with Gasteiger partial charge in [-0.3, -0.25) is 9.59 Å². The second-order valence-electron chi connectivity index (χ2n) is 6.33. The Morgan fingerprint density at radius 3 is 2.80 bits per heavy atom. The van der Waals surface area contributed by atoms with Gasteiger partial charge in [0.05, 0.1) is 5.69 Å². The molecule has 2 aromatic rings. The Balaban J connectivity index is 1.54. The second-order valence-corrected chi connectivity index (χ2v) is 6.33. The largest absolute Gasteiger partial charge is 0.454 e. The molecule has 0 atom stereocenters. The summed E-state index contributed by atoms with van der Waals surface area (Å²) in [6.07, 6.45) is 4.29. The highest BCUT2D eigenvalue weighted by Crippen LogP contribution is 2.35. The van der Waals surface area contributed by atoms with Crippen LogP contribution < -0.4 is 20.3 Å². The summed E-state index contributed by atoms with van der Waals surface area (Å²) in [6.45, 7) is 0.126. The van der Waals surface area contributed by atoms with E-state index in [1.807, 2.05) is 18.2 Å². The van der Waals surface area contributed by atoms with Gasteiger partial charge in [-0.1, -0.05) is 12.8 Å². The van der Waals surface area contributed by atoms with Crippen LogP contribution in [0.2, 0.25) is 0 Å². The van der Waals surface area contributed by atoms with E-state index in [-0.39, 0.29) is 30.8 Å². The van der Waals surface area contributed by atoms with E-state index in [1.54, 1.807) is 6.07 Å². The number of carbonyl (C=O) groups is 1. The smallest absolute Gasteiger partial charge is 0.267 e. The Bertz CT molecular complexity index is 856. The number of nitrogens with zero attached hydrogens (tertiary/aromatic N) is 2. The number of amides is 1. The van der Waals surface area contributed by atoms with Crippen LogP contribution >= 0.6 is 0 Å². The van der Waals surface area contributed by atoms with Crippen molar-refractivity contribution in [2.75, 3.05) is 6.79 Å². The summed E-state index contributed by atoms with van der Waals surface area (Å²) >= 11 is 0. The van der Waals surface area contributed by atoms with Crippen molar-refractivity contribution in [1.29, 1.82) is 0 Å². The number of hydrogen-bond donors (Lipinski definition) is 1. The third kappa shape index (κ3) is 3.35. The molecule has 2 heterocycles. The van der Waals surface area contributed by atoms with E-state index in [9.17, 15) is 9.59 Å². The number of hydrogen-bond acceptors (Lipinski definition) is 5. The molecule has 2 aliphatic rings. The summed E-state index contributed by atoms with van der Waals surface area (Å²) < 4.78 is 11.9. The Hall–Kier alpha value is -2.83. The average molecular weight is 341 g/mol. The Morgan fingerprint density at radius 2 is 1.96 bits per heavy atom. The van der Waals surface area contributed by atoms with E-state index in [2.05, 4.69) is 10.4 Å². The molecule has 0 saturated heterocycles. The number of rotatable bonds is 4. The Kier molecular flexibility index (Phi) is 4.13. The summed E-state index contributed by atoms with van der Waals surface area (Å²) in [6, 6.07) is 8.77. The number of benzene rings is 1. The summed E-state index contributed by atoms with van der Waals surface area (Å²) in [5.41, 5.74) is 1.10. The van der Waals surface area contributed by atoms with Crippen molar-refractivity contribution in [3.8, 4) is 22.8 Å². The fourth-order valence-electron chi connectivity index (χ4n) is 3.25. The van der Waals surface area contributed by atoms with Gasteiger partial charge in [0.2, 0.25) is 12.7 Å². The average Bonchev–Trinajstić information content (AvgIpc) is 3.27. The van der Waals surface area contributed by atoms with Crippen LogP contribution in [-0.2, 0) is 11.3 Å². The van der Waals surface area contributed by atoms with Crippen LogP contribution in [0.25, 0.3) is 11.3 Å². The lowest BCUT2D eigenvalue weighted by Gasteiger charge is -2.12.